The average molecular weight is 329 g/mol. The van der Waals surface area contributed by atoms with Crippen LogP contribution in [0.15, 0.2) is 36.4 Å². The van der Waals surface area contributed by atoms with Crippen molar-refractivity contribution in [1.29, 1.82) is 0 Å². The predicted molar refractivity (Wildman–Crippen MR) is 89.7 cm³/mol. The lowest BCUT2D eigenvalue weighted by Gasteiger charge is -2.16. The number of methoxy groups -OCH3 is 1. The summed E-state index contributed by atoms with van der Waals surface area (Å²) in [5.41, 5.74) is 8.45. The lowest BCUT2D eigenvalue weighted by molar-refractivity contribution is -0.129. The topological polar surface area (TPSA) is 68.5 Å². The summed E-state index contributed by atoms with van der Waals surface area (Å²) in [5, 5.41) is 0. The Labute approximate surface area is 140 Å². The Bertz CT molecular complexity index is 734. The van der Waals surface area contributed by atoms with Crippen molar-refractivity contribution in [3.05, 3.63) is 47.9 Å². The summed E-state index contributed by atoms with van der Waals surface area (Å²) in [6.45, 7) is 1.29. The van der Waals surface area contributed by atoms with Gasteiger partial charge in [0.1, 0.15) is 5.82 Å². The van der Waals surface area contributed by atoms with Crippen molar-refractivity contribution in [1.82, 2.24) is 9.88 Å². The highest BCUT2D eigenvalue weighted by Crippen LogP contribution is 2.22. The number of carbonyl (C=O) groups is 1. The van der Waals surface area contributed by atoms with E-state index in [9.17, 15) is 9.18 Å². The fourth-order valence-electron chi connectivity index (χ4n) is 2.84. The molecule has 126 valence electrons. The number of nitrogens with zero attached hydrogens (tertiary/aromatic N) is 2. The van der Waals surface area contributed by atoms with Gasteiger partial charge < -0.3 is 15.4 Å². The second-order valence-electron chi connectivity index (χ2n) is 5.90. The van der Waals surface area contributed by atoms with Crippen LogP contribution in [0, 0.1) is 5.82 Å². The fraction of sp³-hybridized carbons (Fsp3) is 0.333. The van der Waals surface area contributed by atoms with E-state index in [1.807, 2.05) is 0 Å². The number of anilines is 1. The molecule has 5 nitrogen and oxygen atoms in total. The van der Waals surface area contributed by atoms with Crippen molar-refractivity contribution in [2.45, 2.75) is 18.9 Å². The van der Waals surface area contributed by atoms with E-state index in [1.54, 1.807) is 36.3 Å². The van der Waals surface area contributed by atoms with Gasteiger partial charge in [0, 0.05) is 25.8 Å². The van der Waals surface area contributed by atoms with Gasteiger partial charge in [-0.05, 0) is 42.8 Å². The molecule has 1 saturated heterocycles. The minimum atomic E-state index is -0.300. The van der Waals surface area contributed by atoms with E-state index in [0.29, 0.717) is 30.2 Å². The van der Waals surface area contributed by atoms with Crippen LogP contribution in [0.25, 0.3) is 11.3 Å². The maximum atomic E-state index is 13.1. The van der Waals surface area contributed by atoms with Crippen LogP contribution >= 0.6 is 0 Å². The number of carbonyl (C=O) groups excluding carboxylic acids is 1. The Kier molecular flexibility index (Phi) is 4.76. The number of hydrogen-bond donors (Lipinski definition) is 1. The number of rotatable bonds is 4. The monoisotopic (exact) mass is 329 g/mol. The van der Waals surface area contributed by atoms with Gasteiger partial charge in [0.15, 0.2) is 0 Å². The van der Waals surface area contributed by atoms with Crippen molar-refractivity contribution >= 4 is 11.6 Å². The molecule has 1 amide bonds. The van der Waals surface area contributed by atoms with Crippen LogP contribution in [0.1, 0.15) is 12.1 Å². The second kappa shape index (κ2) is 6.97. The zero-order valence-corrected chi connectivity index (χ0v) is 13.5. The van der Waals surface area contributed by atoms with Crippen molar-refractivity contribution < 1.29 is 13.9 Å². The van der Waals surface area contributed by atoms with Gasteiger partial charge in [-0.3, -0.25) is 9.78 Å². The summed E-state index contributed by atoms with van der Waals surface area (Å²) in [5.74, 6) is -0.309. The van der Waals surface area contributed by atoms with Crippen LogP contribution in [-0.4, -0.2) is 42.1 Å². The van der Waals surface area contributed by atoms with E-state index in [1.165, 1.54) is 12.1 Å². The van der Waals surface area contributed by atoms with Gasteiger partial charge in [0.25, 0.3) is 0 Å². The summed E-state index contributed by atoms with van der Waals surface area (Å²) in [4.78, 5) is 18.7. The number of halogens is 1. The number of hydrogen-bond acceptors (Lipinski definition) is 4. The first-order valence-corrected chi connectivity index (χ1v) is 7.88. The molecule has 1 fully saturated rings. The van der Waals surface area contributed by atoms with Crippen LogP contribution < -0.4 is 5.73 Å². The van der Waals surface area contributed by atoms with E-state index in [2.05, 4.69) is 4.98 Å². The Hall–Kier alpha value is -2.47. The maximum absolute atomic E-state index is 13.1. The number of aromatic nitrogens is 1. The molecule has 0 spiro atoms. The summed E-state index contributed by atoms with van der Waals surface area (Å²) >= 11 is 0. The van der Waals surface area contributed by atoms with Gasteiger partial charge in [0.05, 0.1) is 29.6 Å². The highest BCUT2D eigenvalue weighted by molar-refractivity contribution is 5.80. The van der Waals surface area contributed by atoms with Gasteiger partial charge in [-0.25, -0.2) is 4.39 Å². The molecule has 2 aromatic rings. The first kappa shape index (κ1) is 16.4. The number of nitrogens with two attached hydrogens (primary N) is 1. The maximum Gasteiger partial charge on any atom is 0.228 e. The number of pyridine rings is 1. The largest absolute Gasteiger partial charge is 0.397 e. The third-order valence-corrected chi connectivity index (χ3v) is 4.30. The van der Waals surface area contributed by atoms with E-state index in [-0.39, 0.29) is 24.2 Å². The van der Waals surface area contributed by atoms with Crippen LogP contribution in [0.3, 0.4) is 0 Å². The summed E-state index contributed by atoms with van der Waals surface area (Å²) in [7, 11) is 1.66. The van der Waals surface area contributed by atoms with E-state index in [4.69, 9.17) is 10.5 Å². The van der Waals surface area contributed by atoms with Gasteiger partial charge in [-0.1, -0.05) is 0 Å². The first-order valence-electron chi connectivity index (χ1n) is 7.88. The van der Waals surface area contributed by atoms with Gasteiger partial charge >= 0.3 is 0 Å². The predicted octanol–water partition coefficient (Wildman–Crippen LogP) is 2.26. The van der Waals surface area contributed by atoms with Crippen molar-refractivity contribution in [2.24, 2.45) is 0 Å². The molecule has 0 bridgehead atoms. The minimum Gasteiger partial charge on any atom is -0.397 e. The summed E-state index contributed by atoms with van der Waals surface area (Å²) < 4.78 is 18.3. The van der Waals surface area contributed by atoms with Crippen LogP contribution in [0.2, 0.25) is 0 Å². The highest BCUT2D eigenvalue weighted by Gasteiger charge is 2.26. The third kappa shape index (κ3) is 3.54. The van der Waals surface area contributed by atoms with E-state index in [0.717, 1.165) is 12.0 Å². The number of likely N-dealkylation sites (tertiary alicyclic amines) is 1. The quantitative estimate of drug-likeness (QED) is 0.934. The van der Waals surface area contributed by atoms with Crippen LogP contribution in [-0.2, 0) is 16.0 Å². The molecule has 0 saturated carbocycles. The molecule has 2 heterocycles. The Morgan fingerprint density at radius 2 is 2.08 bits per heavy atom. The van der Waals surface area contributed by atoms with E-state index >= 15 is 0 Å². The zero-order chi connectivity index (χ0) is 17.1. The molecule has 1 aliphatic rings. The highest BCUT2D eigenvalue weighted by atomic mass is 19.1. The van der Waals surface area contributed by atoms with Crippen LogP contribution in [0.4, 0.5) is 10.1 Å². The molecule has 1 unspecified atom stereocenters. The second-order valence-corrected chi connectivity index (χ2v) is 5.90. The normalized spacial score (nSPS) is 17.2. The smallest absolute Gasteiger partial charge is 0.228 e. The fourth-order valence-corrected chi connectivity index (χ4v) is 2.84. The molecule has 6 heteroatoms. The molecule has 2 N–H and O–H groups in total. The Morgan fingerprint density at radius 1 is 1.33 bits per heavy atom. The van der Waals surface area contributed by atoms with Gasteiger partial charge in [-0.2, -0.15) is 0 Å². The molecule has 1 aliphatic heterocycles. The molecule has 3 rings (SSSR count). The molecule has 24 heavy (non-hydrogen) atoms. The van der Waals surface area contributed by atoms with Crippen molar-refractivity contribution in [3.8, 4) is 11.3 Å². The molecular formula is C18H20FN3O2. The molecule has 0 radical (unpaired) electrons. The Morgan fingerprint density at radius 3 is 2.75 bits per heavy atom. The summed E-state index contributed by atoms with van der Waals surface area (Å²) in [6, 6.07) is 9.58. The van der Waals surface area contributed by atoms with E-state index < -0.39 is 0 Å². The molecule has 1 aromatic carbocycles. The minimum absolute atomic E-state index is 0.00925. The lowest BCUT2D eigenvalue weighted by Crippen LogP contribution is -2.31. The number of ether oxygens (including phenoxy) is 1. The first-order chi connectivity index (χ1) is 11.6. The molecule has 0 aliphatic carbocycles. The molecular weight excluding hydrogens is 309 g/mol. The van der Waals surface area contributed by atoms with Crippen molar-refractivity contribution in [2.75, 3.05) is 25.9 Å². The molecule has 1 atom stereocenters. The lowest BCUT2D eigenvalue weighted by atomic mass is 10.1. The summed E-state index contributed by atoms with van der Waals surface area (Å²) in [6.07, 6.45) is 1.10. The third-order valence-electron chi connectivity index (χ3n) is 4.30. The Balaban J connectivity index is 1.77. The molecule has 1 aromatic heterocycles. The average Bonchev–Trinajstić information content (AvgIpc) is 3.07. The number of benzene rings is 1. The number of nitrogen functional groups attached to an aromatic ring is 1. The zero-order valence-electron chi connectivity index (χ0n) is 13.5. The number of amides is 1. The van der Waals surface area contributed by atoms with Crippen molar-refractivity contribution in [3.63, 3.8) is 0 Å². The van der Waals surface area contributed by atoms with Crippen LogP contribution in [0.5, 0.6) is 0 Å². The van der Waals surface area contributed by atoms with Gasteiger partial charge in [0.2, 0.25) is 5.91 Å². The standard InChI is InChI=1S/C18H20FN3O2/c1-24-14-8-9-22(11-14)18(23)10-17-15(20)6-7-16(21-17)12-2-4-13(19)5-3-12/h2-7,14H,8-11,20H2,1H3. The SMILES string of the molecule is COC1CCN(C(=O)Cc2nc(-c3ccc(F)cc3)ccc2N)C1. The van der Waals surface area contributed by atoms with Gasteiger partial charge in [-0.15, -0.1) is 0 Å².